The van der Waals surface area contributed by atoms with Crippen molar-refractivity contribution in [3.8, 4) is 0 Å². The first-order valence-corrected chi connectivity index (χ1v) is 7.94. The van der Waals surface area contributed by atoms with E-state index in [4.69, 9.17) is 14.8 Å². The summed E-state index contributed by atoms with van der Waals surface area (Å²) in [6.07, 6.45) is 0. The molecular weight excluding hydrogens is 324 g/mol. The van der Waals surface area contributed by atoms with Gasteiger partial charge in [0.15, 0.2) is 0 Å². The van der Waals surface area contributed by atoms with Gasteiger partial charge in [0.25, 0.3) is 0 Å². The lowest BCUT2D eigenvalue weighted by Crippen LogP contribution is -2.16. The predicted molar refractivity (Wildman–Crippen MR) is 71.9 cm³/mol. The van der Waals surface area contributed by atoms with Gasteiger partial charge in [0.1, 0.15) is 11.6 Å². The van der Waals surface area contributed by atoms with Crippen molar-refractivity contribution in [2.24, 2.45) is 5.73 Å². The number of nitrogens with two attached hydrogens (primary N) is 1. The summed E-state index contributed by atoms with van der Waals surface area (Å²) >= 11 is 3.14. The maximum absolute atomic E-state index is 13.8. The highest BCUT2D eigenvalue weighted by atomic mass is 79.9. The van der Waals surface area contributed by atoms with Crippen LogP contribution in [-0.2, 0) is 13.6 Å². The molecule has 4 nitrogen and oxygen atoms in total. The van der Waals surface area contributed by atoms with E-state index in [0.29, 0.717) is 4.47 Å². The number of benzene rings is 1. The number of rotatable bonds is 6. The molecule has 0 aliphatic rings. The van der Waals surface area contributed by atoms with Crippen LogP contribution in [0.25, 0.3) is 0 Å². The highest BCUT2D eigenvalue weighted by Crippen LogP contribution is 2.58. The van der Waals surface area contributed by atoms with Crippen molar-refractivity contribution < 1.29 is 18.0 Å². The van der Waals surface area contributed by atoms with E-state index in [9.17, 15) is 8.96 Å². The molecular formula is C11H16BrFNO3P. The molecule has 0 fully saturated rings. The predicted octanol–water partition coefficient (Wildman–Crippen LogP) is 3.81. The van der Waals surface area contributed by atoms with Crippen LogP contribution in [-0.4, -0.2) is 13.2 Å². The maximum Gasteiger partial charge on any atom is 0.351 e. The lowest BCUT2D eigenvalue weighted by Gasteiger charge is -2.23. The highest BCUT2D eigenvalue weighted by Gasteiger charge is 2.35. The van der Waals surface area contributed by atoms with Crippen molar-refractivity contribution in [1.82, 2.24) is 0 Å². The second-order valence-corrected chi connectivity index (χ2v) is 6.55. The summed E-state index contributed by atoms with van der Waals surface area (Å²) in [7, 11) is -3.55. The van der Waals surface area contributed by atoms with E-state index >= 15 is 0 Å². The van der Waals surface area contributed by atoms with Gasteiger partial charge in [-0.2, -0.15) is 0 Å². The molecule has 18 heavy (non-hydrogen) atoms. The van der Waals surface area contributed by atoms with Crippen molar-refractivity contribution in [3.05, 3.63) is 34.1 Å². The SMILES string of the molecule is CCOP(=O)(OCC)[C@H](N)c1ccc(Br)cc1F. The van der Waals surface area contributed by atoms with Crippen LogP contribution in [0.4, 0.5) is 4.39 Å². The molecule has 0 spiro atoms. The Labute approximate surface area is 114 Å². The van der Waals surface area contributed by atoms with E-state index in [1.165, 1.54) is 12.1 Å². The van der Waals surface area contributed by atoms with E-state index in [1.54, 1.807) is 19.9 Å². The Bertz CT molecular complexity index is 448. The van der Waals surface area contributed by atoms with E-state index in [1.807, 2.05) is 0 Å². The zero-order chi connectivity index (χ0) is 13.8. The zero-order valence-corrected chi connectivity index (χ0v) is 12.7. The van der Waals surface area contributed by atoms with E-state index < -0.39 is 19.2 Å². The van der Waals surface area contributed by atoms with Crippen LogP contribution in [0.2, 0.25) is 0 Å². The minimum absolute atomic E-state index is 0.114. The quantitative estimate of drug-likeness (QED) is 0.800. The molecule has 0 aliphatic carbocycles. The third-order valence-electron chi connectivity index (χ3n) is 2.24. The molecule has 102 valence electrons. The van der Waals surface area contributed by atoms with Gasteiger partial charge in [-0.25, -0.2) is 4.39 Å². The lowest BCUT2D eigenvalue weighted by atomic mass is 10.2. The van der Waals surface area contributed by atoms with Gasteiger partial charge in [0, 0.05) is 10.0 Å². The molecule has 2 N–H and O–H groups in total. The van der Waals surface area contributed by atoms with Gasteiger partial charge in [0.2, 0.25) is 0 Å². The minimum Gasteiger partial charge on any atom is -0.314 e. The van der Waals surface area contributed by atoms with Gasteiger partial charge in [0.05, 0.1) is 13.2 Å². The molecule has 0 saturated carbocycles. The summed E-state index contributed by atoms with van der Waals surface area (Å²) in [6.45, 7) is 3.72. The van der Waals surface area contributed by atoms with E-state index in [-0.39, 0.29) is 18.8 Å². The molecule has 0 bridgehead atoms. The van der Waals surface area contributed by atoms with Gasteiger partial charge in [-0.3, -0.25) is 4.57 Å². The number of hydrogen-bond acceptors (Lipinski definition) is 4. The van der Waals surface area contributed by atoms with E-state index in [2.05, 4.69) is 15.9 Å². The van der Waals surface area contributed by atoms with Crippen molar-refractivity contribution >= 4 is 23.5 Å². The van der Waals surface area contributed by atoms with Crippen LogP contribution in [0.3, 0.4) is 0 Å². The second kappa shape index (κ2) is 6.78. The van der Waals surface area contributed by atoms with Gasteiger partial charge >= 0.3 is 7.60 Å². The lowest BCUT2D eigenvalue weighted by molar-refractivity contribution is 0.212. The first kappa shape index (κ1) is 15.8. The van der Waals surface area contributed by atoms with Crippen LogP contribution < -0.4 is 5.73 Å². The molecule has 0 unspecified atom stereocenters. The Morgan fingerprint density at radius 2 is 1.94 bits per heavy atom. The maximum atomic E-state index is 13.8. The minimum atomic E-state index is -3.55. The molecule has 1 aromatic rings. The molecule has 0 saturated heterocycles. The fourth-order valence-electron chi connectivity index (χ4n) is 1.47. The van der Waals surface area contributed by atoms with Gasteiger partial charge in [-0.1, -0.05) is 22.0 Å². The third kappa shape index (κ3) is 3.62. The monoisotopic (exact) mass is 339 g/mol. The topological polar surface area (TPSA) is 61.5 Å². The fourth-order valence-corrected chi connectivity index (χ4v) is 3.47. The van der Waals surface area contributed by atoms with Crippen LogP contribution in [0.1, 0.15) is 25.2 Å². The summed E-state index contributed by atoms with van der Waals surface area (Å²) in [5.41, 5.74) is 5.94. The van der Waals surface area contributed by atoms with Crippen LogP contribution in [0.15, 0.2) is 22.7 Å². The molecule has 1 rings (SSSR count). The van der Waals surface area contributed by atoms with Gasteiger partial charge < -0.3 is 14.8 Å². The van der Waals surface area contributed by atoms with Crippen molar-refractivity contribution in [2.75, 3.05) is 13.2 Å². The van der Waals surface area contributed by atoms with Crippen molar-refractivity contribution in [3.63, 3.8) is 0 Å². The Morgan fingerprint density at radius 3 is 2.39 bits per heavy atom. The van der Waals surface area contributed by atoms with Gasteiger partial charge in [-0.05, 0) is 26.0 Å². The summed E-state index contributed by atoms with van der Waals surface area (Å²) in [4.78, 5) is 0. The molecule has 1 aromatic carbocycles. The second-order valence-electron chi connectivity index (χ2n) is 3.49. The molecule has 0 radical (unpaired) electrons. The molecule has 0 amide bonds. The van der Waals surface area contributed by atoms with Crippen LogP contribution in [0, 0.1) is 5.82 Å². The molecule has 0 aliphatic heterocycles. The Kier molecular flexibility index (Phi) is 5.95. The molecule has 0 aromatic heterocycles. The molecule has 1 atom stereocenters. The number of halogens is 2. The summed E-state index contributed by atoms with van der Waals surface area (Å²) < 4.78 is 37.0. The zero-order valence-electron chi connectivity index (χ0n) is 10.2. The van der Waals surface area contributed by atoms with Crippen molar-refractivity contribution in [1.29, 1.82) is 0 Å². The Balaban J connectivity index is 3.09. The highest BCUT2D eigenvalue weighted by molar-refractivity contribution is 9.10. The smallest absolute Gasteiger partial charge is 0.314 e. The van der Waals surface area contributed by atoms with Crippen LogP contribution in [0.5, 0.6) is 0 Å². The average molecular weight is 340 g/mol. The standard InChI is InChI=1S/C11H16BrFNO3P/c1-3-16-18(15,17-4-2)11(14)9-6-5-8(12)7-10(9)13/h5-7,11H,3-4,14H2,1-2H3/t11-/m0/s1. The summed E-state index contributed by atoms with van der Waals surface area (Å²) in [6, 6.07) is 4.35. The van der Waals surface area contributed by atoms with E-state index in [0.717, 1.165) is 0 Å². The molecule has 0 heterocycles. The third-order valence-corrected chi connectivity index (χ3v) is 4.93. The Hall–Kier alpha value is -0.260. The van der Waals surface area contributed by atoms with Crippen molar-refractivity contribution in [2.45, 2.75) is 19.6 Å². The first-order chi connectivity index (χ1) is 8.44. The Morgan fingerprint density at radius 1 is 1.39 bits per heavy atom. The fraction of sp³-hybridized carbons (Fsp3) is 0.455. The molecule has 7 heteroatoms. The summed E-state index contributed by atoms with van der Waals surface area (Å²) in [5, 5.41) is 0. The normalized spacial score (nSPS) is 13.6. The largest absolute Gasteiger partial charge is 0.351 e. The first-order valence-electron chi connectivity index (χ1n) is 5.54. The van der Waals surface area contributed by atoms with Gasteiger partial charge in [-0.15, -0.1) is 0 Å². The number of hydrogen-bond donors (Lipinski definition) is 1. The average Bonchev–Trinajstić information content (AvgIpc) is 2.29. The van der Waals surface area contributed by atoms with Crippen LogP contribution >= 0.6 is 23.5 Å². The summed E-state index contributed by atoms with van der Waals surface area (Å²) in [5.74, 6) is -1.68.